The van der Waals surface area contributed by atoms with Crippen molar-refractivity contribution in [3.63, 3.8) is 0 Å². The molecule has 0 unspecified atom stereocenters. The van der Waals surface area contributed by atoms with Gasteiger partial charge in [0.1, 0.15) is 5.01 Å². The number of nitrogens with zero attached hydrogens (tertiary/aromatic N) is 1. The van der Waals surface area contributed by atoms with Gasteiger partial charge in [-0.25, -0.2) is 4.98 Å². The number of rotatable bonds is 1. The number of hydrogen-bond donors (Lipinski definition) is 0. The highest BCUT2D eigenvalue weighted by atomic mass is 32.1. The van der Waals surface area contributed by atoms with Gasteiger partial charge in [0, 0.05) is 17.5 Å². The highest BCUT2D eigenvalue weighted by Crippen LogP contribution is 2.39. The average Bonchev–Trinajstić information content (AvgIpc) is 2.94. The minimum absolute atomic E-state index is 0.179. The summed E-state index contributed by atoms with van der Waals surface area (Å²) in [5.41, 5.74) is 4.09. The summed E-state index contributed by atoms with van der Waals surface area (Å²) in [6.07, 6.45) is 0.486. The van der Waals surface area contributed by atoms with Gasteiger partial charge in [-0.05, 0) is 5.56 Å². The lowest BCUT2D eigenvalue weighted by molar-refractivity contribution is 0.0995. The highest BCUT2D eigenvalue weighted by Gasteiger charge is 2.26. The number of thiazole rings is 1. The smallest absolute Gasteiger partial charge is 0.179 e. The largest absolute Gasteiger partial charge is 0.293 e. The number of carbonyl (C=O) groups is 1. The second-order valence-electron chi connectivity index (χ2n) is 4.82. The van der Waals surface area contributed by atoms with Crippen LogP contribution in [-0.4, -0.2) is 10.8 Å². The lowest BCUT2D eigenvalue weighted by Crippen LogP contribution is -2.09. The molecule has 0 amide bonds. The second-order valence-corrected chi connectivity index (χ2v) is 5.82. The van der Waals surface area contributed by atoms with E-state index in [1.807, 2.05) is 48.5 Å². The Morgan fingerprint density at radius 3 is 2.55 bits per heavy atom. The van der Waals surface area contributed by atoms with Gasteiger partial charge in [0.15, 0.2) is 5.78 Å². The fourth-order valence-corrected chi connectivity index (χ4v) is 3.58. The molecular formula is C17H11NOS. The zero-order chi connectivity index (χ0) is 13.5. The predicted octanol–water partition coefficient (Wildman–Crippen LogP) is 4.22. The van der Waals surface area contributed by atoms with E-state index < -0.39 is 0 Å². The Morgan fingerprint density at radius 2 is 1.70 bits per heavy atom. The number of carbonyl (C=O) groups excluding carboxylic acids is 1. The molecule has 0 aliphatic heterocycles. The van der Waals surface area contributed by atoms with E-state index >= 15 is 0 Å². The number of Topliss-reactive ketones (excluding diaryl/α,β-unsaturated/α-hetero) is 1. The third-order valence-electron chi connectivity index (χ3n) is 3.52. The van der Waals surface area contributed by atoms with Crippen LogP contribution in [0.25, 0.3) is 21.8 Å². The minimum atomic E-state index is 0.179. The monoisotopic (exact) mass is 277 g/mol. The summed E-state index contributed by atoms with van der Waals surface area (Å²) in [5.74, 6) is 0.179. The van der Waals surface area contributed by atoms with Gasteiger partial charge in [0.25, 0.3) is 0 Å². The predicted molar refractivity (Wildman–Crippen MR) is 81.0 cm³/mol. The summed E-state index contributed by atoms with van der Waals surface area (Å²) < 4.78 is 0. The maximum Gasteiger partial charge on any atom is 0.179 e. The van der Waals surface area contributed by atoms with Crippen molar-refractivity contribution in [1.82, 2.24) is 4.98 Å². The Labute approximate surface area is 120 Å². The molecule has 1 aliphatic rings. The normalized spacial score (nSPS) is 12.9. The van der Waals surface area contributed by atoms with E-state index in [1.54, 1.807) is 0 Å². The van der Waals surface area contributed by atoms with Crippen LogP contribution in [0.1, 0.15) is 15.2 Å². The van der Waals surface area contributed by atoms with Crippen LogP contribution in [0.3, 0.4) is 0 Å². The van der Waals surface area contributed by atoms with E-state index in [9.17, 15) is 4.79 Å². The molecular weight excluding hydrogens is 266 g/mol. The van der Waals surface area contributed by atoms with Crippen molar-refractivity contribution in [3.8, 4) is 21.8 Å². The van der Waals surface area contributed by atoms with Crippen LogP contribution in [-0.2, 0) is 6.42 Å². The van der Waals surface area contributed by atoms with E-state index in [4.69, 9.17) is 4.98 Å². The molecule has 1 aromatic heterocycles. The van der Waals surface area contributed by atoms with E-state index in [1.165, 1.54) is 11.3 Å². The first-order valence-electron chi connectivity index (χ1n) is 6.50. The van der Waals surface area contributed by atoms with Crippen molar-refractivity contribution in [2.75, 3.05) is 0 Å². The zero-order valence-electron chi connectivity index (χ0n) is 10.7. The average molecular weight is 277 g/mol. The maximum atomic E-state index is 12.3. The molecule has 3 heteroatoms. The molecule has 3 aromatic rings. The fraction of sp³-hybridized carbons (Fsp3) is 0.0588. The molecule has 0 fully saturated rings. The zero-order valence-corrected chi connectivity index (χ0v) is 11.5. The molecule has 1 aliphatic carbocycles. The summed E-state index contributed by atoms with van der Waals surface area (Å²) in [6, 6.07) is 18.1. The number of fused-ring (bicyclic) bond motifs is 3. The highest BCUT2D eigenvalue weighted by molar-refractivity contribution is 7.17. The molecule has 0 radical (unpaired) electrons. The Kier molecular flexibility index (Phi) is 2.54. The number of aromatic nitrogens is 1. The minimum Gasteiger partial charge on any atom is -0.293 e. The second kappa shape index (κ2) is 4.39. The molecule has 0 spiro atoms. The molecule has 0 saturated heterocycles. The van der Waals surface area contributed by atoms with Crippen LogP contribution in [0.2, 0.25) is 0 Å². The van der Waals surface area contributed by atoms with Crippen LogP contribution in [0, 0.1) is 0 Å². The van der Waals surface area contributed by atoms with Crippen molar-refractivity contribution in [3.05, 3.63) is 65.0 Å². The van der Waals surface area contributed by atoms with Gasteiger partial charge < -0.3 is 0 Å². The Bertz CT molecular complexity index is 805. The van der Waals surface area contributed by atoms with E-state index in [-0.39, 0.29) is 5.78 Å². The fourth-order valence-electron chi connectivity index (χ4n) is 2.55. The standard InChI is InChI=1S/C17H11NOS/c19-14-10-12-8-4-5-9-13(12)15-16(14)20-17(18-15)11-6-2-1-3-7-11/h1-9H,10H2. The summed E-state index contributed by atoms with van der Waals surface area (Å²) in [5, 5.41) is 0.917. The van der Waals surface area contributed by atoms with Crippen LogP contribution in [0.5, 0.6) is 0 Å². The lowest BCUT2D eigenvalue weighted by atomic mass is 9.93. The number of ketones is 1. The third kappa shape index (κ3) is 1.71. The molecule has 2 aromatic carbocycles. The summed E-state index contributed by atoms with van der Waals surface area (Å²) >= 11 is 1.50. The summed E-state index contributed by atoms with van der Waals surface area (Å²) in [6.45, 7) is 0. The van der Waals surface area contributed by atoms with E-state index in [0.717, 1.165) is 32.3 Å². The quantitative estimate of drug-likeness (QED) is 0.666. The molecule has 0 bridgehead atoms. The van der Waals surface area contributed by atoms with E-state index in [2.05, 4.69) is 6.07 Å². The van der Waals surface area contributed by atoms with Gasteiger partial charge in [-0.3, -0.25) is 4.79 Å². The van der Waals surface area contributed by atoms with Crippen LogP contribution in [0.15, 0.2) is 54.6 Å². The molecule has 0 N–H and O–H groups in total. The van der Waals surface area contributed by atoms with Crippen molar-refractivity contribution < 1.29 is 4.79 Å². The maximum absolute atomic E-state index is 12.3. The van der Waals surface area contributed by atoms with Gasteiger partial charge in [-0.15, -0.1) is 11.3 Å². The first-order valence-corrected chi connectivity index (χ1v) is 7.32. The molecule has 2 nitrogen and oxygen atoms in total. The van der Waals surface area contributed by atoms with Crippen molar-refractivity contribution in [2.24, 2.45) is 0 Å². The molecule has 96 valence electrons. The molecule has 4 rings (SSSR count). The Morgan fingerprint density at radius 1 is 0.950 bits per heavy atom. The molecule has 0 saturated carbocycles. The number of benzene rings is 2. The molecule has 1 heterocycles. The van der Waals surface area contributed by atoms with Gasteiger partial charge in [-0.2, -0.15) is 0 Å². The molecule has 0 atom stereocenters. The first-order chi connectivity index (χ1) is 9.83. The van der Waals surface area contributed by atoms with Gasteiger partial charge >= 0.3 is 0 Å². The summed E-state index contributed by atoms with van der Waals surface area (Å²) in [4.78, 5) is 17.8. The van der Waals surface area contributed by atoms with E-state index in [0.29, 0.717) is 6.42 Å². The topological polar surface area (TPSA) is 30.0 Å². The van der Waals surface area contributed by atoms with Crippen LogP contribution >= 0.6 is 11.3 Å². The summed E-state index contributed by atoms with van der Waals surface area (Å²) in [7, 11) is 0. The van der Waals surface area contributed by atoms with Crippen LogP contribution < -0.4 is 0 Å². The Balaban J connectivity index is 1.93. The van der Waals surface area contributed by atoms with Crippen LogP contribution in [0.4, 0.5) is 0 Å². The molecule has 20 heavy (non-hydrogen) atoms. The SMILES string of the molecule is O=C1Cc2ccccc2-c2nc(-c3ccccc3)sc21. The van der Waals surface area contributed by atoms with Crippen molar-refractivity contribution in [1.29, 1.82) is 0 Å². The van der Waals surface area contributed by atoms with Crippen molar-refractivity contribution >= 4 is 17.1 Å². The first kappa shape index (κ1) is 11.6. The third-order valence-corrected chi connectivity index (χ3v) is 4.67. The van der Waals surface area contributed by atoms with Gasteiger partial charge in [-0.1, -0.05) is 54.6 Å². The van der Waals surface area contributed by atoms with Gasteiger partial charge in [0.2, 0.25) is 0 Å². The lowest BCUT2D eigenvalue weighted by Gasteiger charge is -2.13. The Hall–Kier alpha value is -2.26. The van der Waals surface area contributed by atoms with Crippen molar-refractivity contribution in [2.45, 2.75) is 6.42 Å². The van der Waals surface area contributed by atoms with Gasteiger partial charge in [0.05, 0.1) is 10.6 Å². The number of hydrogen-bond acceptors (Lipinski definition) is 3.